The molecule has 1 aromatic carbocycles. The van der Waals surface area contributed by atoms with Crippen LogP contribution in [0.2, 0.25) is 0 Å². The molecule has 0 amide bonds. The molecule has 19 heavy (non-hydrogen) atoms. The molecule has 1 aromatic heterocycles. The molecule has 1 heterocycles. The van der Waals surface area contributed by atoms with Crippen LogP contribution in [0.4, 0.5) is 8.78 Å². The Morgan fingerprint density at radius 1 is 1.32 bits per heavy atom. The van der Waals surface area contributed by atoms with E-state index in [2.05, 4.69) is 4.98 Å². The highest BCUT2D eigenvalue weighted by Crippen LogP contribution is 2.34. The molecule has 5 heteroatoms. The highest BCUT2D eigenvalue weighted by atomic mass is 35.5. The van der Waals surface area contributed by atoms with Crippen LogP contribution >= 0.6 is 11.6 Å². The van der Waals surface area contributed by atoms with Gasteiger partial charge in [0.25, 0.3) is 0 Å². The third-order valence-electron chi connectivity index (χ3n) is 3.69. The number of benzene rings is 1. The van der Waals surface area contributed by atoms with Crippen molar-refractivity contribution in [1.29, 1.82) is 0 Å². The first-order valence-electron chi connectivity index (χ1n) is 6.59. The standard InChI is InChI=1S/C14H15ClF2N2/c15-8-12-18-11-6-5-10(16)13(17)14(11)19(12)7-1-2-9-3-4-9/h5-6,9H,1-4,7-8H2. The number of halogens is 3. The number of hydrogen-bond donors (Lipinski definition) is 0. The van der Waals surface area contributed by atoms with E-state index in [1.165, 1.54) is 18.9 Å². The van der Waals surface area contributed by atoms with Crippen molar-refractivity contribution in [2.75, 3.05) is 0 Å². The van der Waals surface area contributed by atoms with Gasteiger partial charge < -0.3 is 4.57 Å². The summed E-state index contributed by atoms with van der Waals surface area (Å²) < 4.78 is 29.0. The van der Waals surface area contributed by atoms with E-state index in [4.69, 9.17) is 11.6 Å². The fourth-order valence-corrected chi connectivity index (χ4v) is 2.70. The van der Waals surface area contributed by atoms with Gasteiger partial charge in [-0.05, 0) is 30.9 Å². The lowest BCUT2D eigenvalue weighted by Gasteiger charge is -2.08. The van der Waals surface area contributed by atoms with E-state index in [1.54, 1.807) is 4.57 Å². The number of aryl methyl sites for hydroxylation is 1. The van der Waals surface area contributed by atoms with E-state index in [0.717, 1.165) is 24.8 Å². The van der Waals surface area contributed by atoms with Gasteiger partial charge in [0.1, 0.15) is 11.3 Å². The van der Waals surface area contributed by atoms with Crippen LogP contribution in [0.1, 0.15) is 31.5 Å². The molecule has 102 valence electrons. The van der Waals surface area contributed by atoms with Crippen molar-refractivity contribution < 1.29 is 8.78 Å². The maximum absolute atomic E-state index is 13.9. The van der Waals surface area contributed by atoms with E-state index < -0.39 is 11.6 Å². The Morgan fingerprint density at radius 2 is 2.11 bits per heavy atom. The average Bonchev–Trinajstić information content (AvgIpc) is 3.15. The molecule has 1 fully saturated rings. The van der Waals surface area contributed by atoms with E-state index in [9.17, 15) is 8.78 Å². The summed E-state index contributed by atoms with van der Waals surface area (Å²) >= 11 is 5.85. The fraction of sp³-hybridized carbons (Fsp3) is 0.500. The minimum atomic E-state index is -0.836. The van der Waals surface area contributed by atoms with E-state index in [1.807, 2.05) is 0 Å². The quantitative estimate of drug-likeness (QED) is 0.751. The first kappa shape index (κ1) is 12.9. The third kappa shape index (κ3) is 2.46. The van der Waals surface area contributed by atoms with Gasteiger partial charge in [-0.25, -0.2) is 13.8 Å². The Morgan fingerprint density at radius 3 is 2.79 bits per heavy atom. The topological polar surface area (TPSA) is 17.8 Å². The highest BCUT2D eigenvalue weighted by Gasteiger charge is 2.21. The number of aromatic nitrogens is 2. The molecule has 2 nitrogen and oxygen atoms in total. The zero-order valence-electron chi connectivity index (χ0n) is 10.5. The number of fused-ring (bicyclic) bond motifs is 1. The Hall–Kier alpha value is -1.16. The molecule has 1 saturated carbocycles. The van der Waals surface area contributed by atoms with Gasteiger partial charge in [-0.15, -0.1) is 11.6 Å². The zero-order valence-corrected chi connectivity index (χ0v) is 11.3. The van der Waals surface area contributed by atoms with Crippen molar-refractivity contribution in [3.63, 3.8) is 0 Å². The lowest BCUT2D eigenvalue weighted by molar-refractivity contribution is 0.506. The smallest absolute Gasteiger partial charge is 0.184 e. The molecular weight excluding hydrogens is 270 g/mol. The van der Waals surface area contributed by atoms with Crippen molar-refractivity contribution in [1.82, 2.24) is 9.55 Å². The Balaban J connectivity index is 1.95. The van der Waals surface area contributed by atoms with Gasteiger partial charge in [0, 0.05) is 6.54 Å². The summed E-state index contributed by atoms with van der Waals surface area (Å²) in [4.78, 5) is 4.27. The van der Waals surface area contributed by atoms with Crippen LogP contribution in [0.3, 0.4) is 0 Å². The molecule has 0 aliphatic heterocycles. The summed E-state index contributed by atoms with van der Waals surface area (Å²) in [5.41, 5.74) is 0.715. The summed E-state index contributed by atoms with van der Waals surface area (Å²) in [6.45, 7) is 0.648. The maximum Gasteiger partial charge on any atom is 0.184 e. The summed E-state index contributed by atoms with van der Waals surface area (Å²) in [6.07, 6.45) is 4.69. The molecule has 0 bridgehead atoms. The lowest BCUT2D eigenvalue weighted by atomic mass is 10.2. The van der Waals surface area contributed by atoms with Gasteiger partial charge in [-0.2, -0.15) is 0 Å². The first-order valence-corrected chi connectivity index (χ1v) is 7.13. The molecule has 3 rings (SSSR count). The summed E-state index contributed by atoms with van der Waals surface area (Å²) in [5.74, 6) is -0.0170. The van der Waals surface area contributed by atoms with Gasteiger partial charge in [-0.3, -0.25) is 0 Å². The van der Waals surface area contributed by atoms with Gasteiger partial charge in [0.2, 0.25) is 0 Å². The van der Waals surface area contributed by atoms with Crippen molar-refractivity contribution in [2.45, 2.75) is 38.1 Å². The van der Waals surface area contributed by atoms with Gasteiger partial charge in [0.05, 0.1) is 11.4 Å². The molecule has 0 atom stereocenters. The Kier molecular flexibility index (Phi) is 3.44. The molecular formula is C14H15ClF2N2. The number of hydrogen-bond acceptors (Lipinski definition) is 1. The Labute approximate surface area is 115 Å². The average molecular weight is 285 g/mol. The lowest BCUT2D eigenvalue weighted by Crippen LogP contribution is -2.04. The second-order valence-electron chi connectivity index (χ2n) is 5.13. The molecule has 0 N–H and O–H groups in total. The van der Waals surface area contributed by atoms with Gasteiger partial charge in [-0.1, -0.05) is 12.8 Å². The van der Waals surface area contributed by atoms with Crippen LogP contribution in [0.25, 0.3) is 11.0 Å². The van der Waals surface area contributed by atoms with Crippen molar-refractivity contribution in [2.24, 2.45) is 5.92 Å². The maximum atomic E-state index is 13.9. The van der Waals surface area contributed by atoms with Crippen molar-refractivity contribution in [3.05, 3.63) is 29.6 Å². The van der Waals surface area contributed by atoms with Gasteiger partial charge >= 0.3 is 0 Å². The summed E-state index contributed by atoms with van der Waals surface area (Å²) in [5, 5.41) is 0. The number of rotatable bonds is 5. The van der Waals surface area contributed by atoms with Crippen LogP contribution in [0.5, 0.6) is 0 Å². The van der Waals surface area contributed by atoms with Gasteiger partial charge in [0.15, 0.2) is 11.6 Å². The van der Waals surface area contributed by atoms with Crippen LogP contribution in [-0.2, 0) is 12.4 Å². The second-order valence-corrected chi connectivity index (χ2v) is 5.40. The van der Waals surface area contributed by atoms with Crippen LogP contribution in [-0.4, -0.2) is 9.55 Å². The zero-order chi connectivity index (χ0) is 13.4. The van der Waals surface area contributed by atoms with Crippen molar-refractivity contribution >= 4 is 22.6 Å². The second kappa shape index (κ2) is 5.08. The predicted molar refractivity (Wildman–Crippen MR) is 71.2 cm³/mol. The molecule has 2 aromatic rings. The minimum absolute atomic E-state index is 0.208. The molecule has 0 radical (unpaired) electrons. The van der Waals surface area contributed by atoms with E-state index in [-0.39, 0.29) is 11.4 Å². The predicted octanol–water partition coefficient (Wildman–Crippen LogP) is 4.24. The van der Waals surface area contributed by atoms with E-state index in [0.29, 0.717) is 17.9 Å². The monoisotopic (exact) mass is 284 g/mol. The van der Waals surface area contributed by atoms with Crippen molar-refractivity contribution in [3.8, 4) is 0 Å². The number of nitrogens with zero attached hydrogens (tertiary/aromatic N) is 2. The SMILES string of the molecule is Fc1ccc2nc(CCl)n(CCCC3CC3)c2c1F. The van der Waals surface area contributed by atoms with Crippen LogP contribution in [0, 0.1) is 17.6 Å². The third-order valence-corrected chi connectivity index (χ3v) is 3.93. The minimum Gasteiger partial charge on any atom is -0.324 e. The largest absolute Gasteiger partial charge is 0.324 e. The molecule has 1 aliphatic rings. The van der Waals surface area contributed by atoms with E-state index >= 15 is 0 Å². The number of imidazole rings is 1. The summed E-state index contributed by atoms with van der Waals surface area (Å²) in [6, 6.07) is 2.61. The molecule has 0 saturated heterocycles. The van der Waals surface area contributed by atoms with Crippen LogP contribution < -0.4 is 0 Å². The van der Waals surface area contributed by atoms with Crippen LogP contribution in [0.15, 0.2) is 12.1 Å². The fourth-order valence-electron chi connectivity index (χ4n) is 2.49. The highest BCUT2D eigenvalue weighted by molar-refractivity contribution is 6.16. The molecule has 0 unspecified atom stereocenters. The summed E-state index contributed by atoms with van der Waals surface area (Å²) in [7, 11) is 0. The molecule has 1 aliphatic carbocycles. The molecule has 0 spiro atoms. The first-order chi connectivity index (χ1) is 9.20. The Bertz CT molecular complexity index is 605. The normalized spacial score (nSPS) is 15.3. The number of alkyl halides is 1.